The van der Waals surface area contributed by atoms with E-state index in [0.717, 1.165) is 38.7 Å². The normalized spacial score (nSPS) is 15.4. The van der Waals surface area contributed by atoms with Crippen molar-refractivity contribution in [2.24, 2.45) is 0 Å². The second-order valence-corrected chi connectivity index (χ2v) is 8.33. The van der Waals surface area contributed by atoms with Gasteiger partial charge in [-0.15, -0.1) is 0 Å². The Kier molecular flexibility index (Phi) is 7.86. The quantitative estimate of drug-likeness (QED) is 0.486. The zero-order valence-corrected chi connectivity index (χ0v) is 18.1. The third-order valence-corrected chi connectivity index (χ3v) is 6.10. The molecule has 1 N–H and O–H groups in total. The van der Waals surface area contributed by atoms with E-state index in [1.165, 1.54) is 38.5 Å². The van der Waals surface area contributed by atoms with Gasteiger partial charge in [-0.1, -0.05) is 65.3 Å². The molecule has 5 heteroatoms. The molecule has 0 amide bonds. The minimum absolute atomic E-state index is 0.473. The zero-order chi connectivity index (χ0) is 19.1. The number of ether oxygens (including phenoxy) is 2. The largest absolute Gasteiger partial charge is 0.493 e. The summed E-state index contributed by atoms with van der Waals surface area (Å²) >= 11 is 9.67. The minimum atomic E-state index is 0.473. The summed E-state index contributed by atoms with van der Waals surface area (Å²) in [6.07, 6.45) is 7.85. The Balaban J connectivity index is 1.74. The Morgan fingerprint density at radius 3 is 2.41 bits per heavy atom. The molecule has 0 heterocycles. The summed E-state index contributed by atoms with van der Waals surface area (Å²) in [5.41, 5.74) is 2.18. The molecule has 0 radical (unpaired) electrons. The van der Waals surface area contributed by atoms with Crippen molar-refractivity contribution in [3.05, 3.63) is 57.0 Å². The highest BCUT2D eigenvalue weighted by molar-refractivity contribution is 9.10. The van der Waals surface area contributed by atoms with Crippen molar-refractivity contribution in [3.63, 3.8) is 0 Å². The Morgan fingerprint density at radius 1 is 1.04 bits per heavy atom. The lowest BCUT2D eigenvalue weighted by atomic mass is 10.1. The molecular weight excluding hydrogens is 426 g/mol. The molecule has 0 saturated heterocycles. The van der Waals surface area contributed by atoms with Gasteiger partial charge in [0.2, 0.25) is 0 Å². The SMILES string of the molecule is COc1ccc(Br)c(CNC2CCCCCC2)c1OCc1ccc(Cl)cc1. The number of methoxy groups -OCH3 is 1. The van der Waals surface area contributed by atoms with Gasteiger partial charge in [0.05, 0.1) is 7.11 Å². The molecule has 0 bridgehead atoms. The molecule has 1 aliphatic rings. The lowest BCUT2D eigenvalue weighted by Gasteiger charge is -2.20. The van der Waals surface area contributed by atoms with Crippen molar-refractivity contribution in [1.29, 1.82) is 0 Å². The summed E-state index contributed by atoms with van der Waals surface area (Å²) in [4.78, 5) is 0. The molecule has 3 nitrogen and oxygen atoms in total. The molecule has 1 aliphatic carbocycles. The first-order valence-corrected chi connectivity index (χ1v) is 10.8. The first-order chi connectivity index (χ1) is 13.2. The molecule has 0 atom stereocenters. The lowest BCUT2D eigenvalue weighted by molar-refractivity contribution is 0.279. The van der Waals surface area contributed by atoms with Crippen molar-refractivity contribution >= 4 is 27.5 Å². The molecule has 1 saturated carbocycles. The average molecular weight is 453 g/mol. The summed E-state index contributed by atoms with van der Waals surface area (Å²) in [6, 6.07) is 12.3. The third-order valence-electron chi connectivity index (χ3n) is 5.11. The highest BCUT2D eigenvalue weighted by atomic mass is 79.9. The predicted molar refractivity (Wildman–Crippen MR) is 115 cm³/mol. The molecule has 0 spiro atoms. The molecule has 2 aromatic carbocycles. The van der Waals surface area contributed by atoms with Crippen LogP contribution in [-0.4, -0.2) is 13.2 Å². The van der Waals surface area contributed by atoms with E-state index in [-0.39, 0.29) is 0 Å². The van der Waals surface area contributed by atoms with Crippen LogP contribution in [0.3, 0.4) is 0 Å². The van der Waals surface area contributed by atoms with Crippen LogP contribution in [0.15, 0.2) is 40.9 Å². The summed E-state index contributed by atoms with van der Waals surface area (Å²) in [7, 11) is 1.68. The van der Waals surface area contributed by atoms with Crippen molar-refractivity contribution in [2.75, 3.05) is 7.11 Å². The Hall–Kier alpha value is -1.23. The zero-order valence-electron chi connectivity index (χ0n) is 15.8. The van der Waals surface area contributed by atoms with Gasteiger partial charge in [0.15, 0.2) is 11.5 Å². The molecule has 146 valence electrons. The molecule has 1 fully saturated rings. The fourth-order valence-corrected chi connectivity index (χ4v) is 4.11. The van der Waals surface area contributed by atoms with E-state index < -0.39 is 0 Å². The maximum absolute atomic E-state index is 6.19. The molecule has 0 aromatic heterocycles. The van der Waals surface area contributed by atoms with Crippen LogP contribution in [0, 0.1) is 0 Å². The number of nitrogens with one attached hydrogen (secondary N) is 1. The van der Waals surface area contributed by atoms with Gasteiger partial charge in [0.25, 0.3) is 0 Å². The van der Waals surface area contributed by atoms with Crippen LogP contribution in [0.5, 0.6) is 11.5 Å². The van der Waals surface area contributed by atoms with Crippen molar-refractivity contribution in [1.82, 2.24) is 5.32 Å². The Morgan fingerprint density at radius 2 is 1.74 bits per heavy atom. The number of hydrogen-bond donors (Lipinski definition) is 1. The van der Waals surface area contributed by atoms with E-state index in [4.69, 9.17) is 21.1 Å². The molecule has 27 heavy (non-hydrogen) atoms. The number of rotatable bonds is 7. The van der Waals surface area contributed by atoms with Gasteiger partial charge in [0, 0.05) is 27.6 Å². The van der Waals surface area contributed by atoms with Gasteiger partial charge in [-0.2, -0.15) is 0 Å². The topological polar surface area (TPSA) is 30.5 Å². The maximum Gasteiger partial charge on any atom is 0.167 e. The number of halogens is 2. The van der Waals surface area contributed by atoms with Crippen LogP contribution in [0.4, 0.5) is 0 Å². The average Bonchev–Trinajstić information content (AvgIpc) is 2.95. The first kappa shape index (κ1) is 20.5. The van der Waals surface area contributed by atoms with Gasteiger partial charge in [-0.25, -0.2) is 0 Å². The van der Waals surface area contributed by atoms with Crippen LogP contribution in [-0.2, 0) is 13.2 Å². The van der Waals surface area contributed by atoms with Gasteiger partial charge in [-0.05, 0) is 42.7 Å². The summed E-state index contributed by atoms with van der Waals surface area (Å²) in [5, 5.41) is 4.46. The Labute approximate surface area is 175 Å². The van der Waals surface area contributed by atoms with E-state index in [2.05, 4.69) is 21.2 Å². The summed E-state index contributed by atoms with van der Waals surface area (Å²) < 4.78 is 12.8. The van der Waals surface area contributed by atoms with Crippen LogP contribution < -0.4 is 14.8 Å². The highest BCUT2D eigenvalue weighted by Crippen LogP contribution is 2.37. The fraction of sp³-hybridized carbons (Fsp3) is 0.455. The van der Waals surface area contributed by atoms with E-state index in [1.807, 2.05) is 36.4 Å². The molecule has 2 aromatic rings. The molecule has 0 aliphatic heterocycles. The van der Waals surface area contributed by atoms with Gasteiger partial charge >= 0.3 is 0 Å². The predicted octanol–water partition coefficient (Wildman–Crippen LogP) is 6.50. The monoisotopic (exact) mass is 451 g/mol. The smallest absolute Gasteiger partial charge is 0.167 e. The van der Waals surface area contributed by atoms with E-state index in [0.29, 0.717) is 12.6 Å². The van der Waals surface area contributed by atoms with E-state index >= 15 is 0 Å². The second-order valence-electron chi connectivity index (χ2n) is 7.04. The third kappa shape index (κ3) is 5.87. The molecular formula is C22H27BrClNO2. The molecule has 3 rings (SSSR count). The van der Waals surface area contributed by atoms with Gasteiger partial charge in [0.1, 0.15) is 6.61 Å². The van der Waals surface area contributed by atoms with Crippen molar-refractivity contribution in [2.45, 2.75) is 57.7 Å². The lowest BCUT2D eigenvalue weighted by Crippen LogP contribution is -2.28. The highest BCUT2D eigenvalue weighted by Gasteiger charge is 2.17. The van der Waals surface area contributed by atoms with E-state index in [9.17, 15) is 0 Å². The fourth-order valence-electron chi connectivity index (χ4n) is 3.53. The van der Waals surface area contributed by atoms with Gasteiger partial charge in [-0.3, -0.25) is 0 Å². The van der Waals surface area contributed by atoms with Crippen LogP contribution in [0.25, 0.3) is 0 Å². The first-order valence-electron chi connectivity index (χ1n) is 9.63. The second kappa shape index (κ2) is 10.4. The number of benzene rings is 2. The van der Waals surface area contributed by atoms with E-state index in [1.54, 1.807) is 7.11 Å². The van der Waals surface area contributed by atoms with Gasteiger partial charge < -0.3 is 14.8 Å². The van der Waals surface area contributed by atoms with Crippen LogP contribution in [0.1, 0.15) is 49.7 Å². The summed E-state index contributed by atoms with van der Waals surface area (Å²) in [5.74, 6) is 1.55. The van der Waals surface area contributed by atoms with Crippen LogP contribution in [0.2, 0.25) is 5.02 Å². The van der Waals surface area contributed by atoms with Crippen molar-refractivity contribution < 1.29 is 9.47 Å². The summed E-state index contributed by atoms with van der Waals surface area (Å²) in [6.45, 7) is 1.23. The maximum atomic E-state index is 6.19. The Bertz CT molecular complexity index is 728. The standard InChI is InChI=1S/C22H27BrClNO2/c1-26-21-13-12-20(23)19(14-25-18-6-4-2-3-5-7-18)22(21)27-15-16-8-10-17(24)11-9-16/h8-13,18,25H,2-7,14-15H2,1H3. The van der Waals surface area contributed by atoms with Crippen molar-refractivity contribution in [3.8, 4) is 11.5 Å². The number of hydrogen-bond acceptors (Lipinski definition) is 3. The van der Waals surface area contributed by atoms with Crippen LogP contribution >= 0.6 is 27.5 Å². The minimum Gasteiger partial charge on any atom is -0.493 e. The molecule has 0 unspecified atom stereocenters.